The second kappa shape index (κ2) is 6.50. The Hall–Kier alpha value is -1.22. The van der Waals surface area contributed by atoms with Gasteiger partial charge in [-0.25, -0.2) is 0 Å². The average Bonchev–Trinajstić information content (AvgIpc) is 2.84. The molecule has 1 fully saturated rings. The van der Waals surface area contributed by atoms with Gasteiger partial charge in [-0.15, -0.1) is 0 Å². The summed E-state index contributed by atoms with van der Waals surface area (Å²) in [7, 11) is 0. The first-order chi connectivity index (χ1) is 8.36. The van der Waals surface area contributed by atoms with Crippen LogP contribution in [-0.4, -0.2) is 19.8 Å². The highest BCUT2D eigenvalue weighted by Crippen LogP contribution is 2.24. The summed E-state index contributed by atoms with van der Waals surface area (Å²) in [5.41, 5.74) is 6.45. The Balaban J connectivity index is 1.58. The molecule has 17 heavy (non-hydrogen) atoms. The van der Waals surface area contributed by atoms with Crippen LogP contribution in [-0.2, 0) is 4.74 Å². The van der Waals surface area contributed by atoms with Crippen molar-refractivity contribution in [1.29, 1.82) is 0 Å². The lowest BCUT2D eigenvalue weighted by atomic mass is 10.1. The van der Waals surface area contributed by atoms with Gasteiger partial charge in [0, 0.05) is 6.61 Å². The van der Waals surface area contributed by atoms with Gasteiger partial charge in [0.05, 0.1) is 12.3 Å². The quantitative estimate of drug-likeness (QED) is 0.609. The molecule has 0 aromatic heterocycles. The molecule has 0 atom stereocenters. The van der Waals surface area contributed by atoms with Crippen molar-refractivity contribution in [2.75, 3.05) is 25.6 Å². The van der Waals surface area contributed by atoms with Crippen LogP contribution in [0.3, 0.4) is 0 Å². The van der Waals surface area contributed by atoms with Gasteiger partial charge in [0.25, 0.3) is 0 Å². The molecule has 0 unspecified atom stereocenters. The fraction of sp³-hybridized carbons (Fsp3) is 0.571. The molecule has 2 N–H and O–H groups in total. The SMILES string of the molecule is Nc1ccccc1OCCOCC1CCCC1. The van der Waals surface area contributed by atoms with Gasteiger partial charge in [0.15, 0.2) is 0 Å². The third-order valence-electron chi connectivity index (χ3n) is 3.23. The number of para-hydroxylation sites is 2. The molecule has 1 aromatic carbocycles. The van der Waals surface area contributed by atoms with E-state index in [1.807, 2.05) is 24.3 Å². The molecule has 0 radical (unpaired) electrons. The van der Waals surface area contributed by atoms with Crippen LogP contribution >= 0.6 is 0 Å². The molecule has 94 valence electrons. The minimum absolute atomic E-state index is 0.570. The summed E-state index contributed by atoms with van der Waals surface area (Å²) in [5, 5.41) is 0. The topological polar surface area (TPSA) is 44.5 Å². The number of ether oxygens (including phenoxy) is 2. The van der Waals surface area contributed by atoms with Crippen molar-refractivity contribution in [2.45, 2.75) is 25.7 Å². The molecule has 0 heterocycles. The van der Waals surface area contributed by atoms with Crippen molar-refractivity contribution in [3.63, 3.8) is 0 Å². The zero-order valence-electron chi connectivity index (χ0n) is 10.2. The first kappa shape index (κ1) is 12.2. The van der Waals surface area contributed by atoms with Crippen molar-refractivity contribution < 1.29 is 9.47 Å². The van der Waals surface area contributed by atoms with Gasteiger partial charge in [0.2, 0.25) is 0 Å². The van der Waals surface area contributed by atoms with E-state index in [2.05, 4.69) is 0 Å². The Bertz CT molecular complexity index is 335. The standard InChI is InChI=1S/C14H21NO2/c15-13-7-3-4-8-14(13)17-10-9-16-11-12-5-1-2-6-12/h3-4,7-8,12H,1-2,5-6,9-11,15H2. The summed E-state index contributed by atoms with van der Waals surface area (Å²) < 4.78 is 11.2. The zero-order chi connectivity index (χ0) is 11.9. The lowest BCUT2D eigenvalue weighted by Gasteiger charge is -2.11. The summed E-state index contributed by atoms with van der Waals surface area (Å²) in [4.78, 5) is 0. The van der Waals surface area contributed by atoms with E-state index in [1.165, 1.54) is 25.7 Å². The maximum Gasteiger partial charge on any atom is 0.142 e. The molecule has 0 saturated heterocycles. The Morgan fingerprint density at radius 3 is 2.65 bits per heavy atom. The van der Waals surface area contributed by atoms with Crippen molar-refractivity contribution in [3.05, 3.63) is 24.3 Å². The van der Waals surface area contributed by atoms with Gasteiger partial charge in [0.1, 0.15) is 12.4 Å². The fourth-order valence-electron chi connectivity index (χ4n) is 2.25. The molecule has 3 nitrogen and oxygen atoms in total. The third kappa shape index (κ3) is 3.93. The van der Waals surface area contributed by atoms with Gasteiger partial charge >= 0.3 is 0 Å². The van der Waals surface area contributed by atoms with Crippen LogP contribution in [0.5, 0.6) is 5.75 Å². The minimum Gasteiger partial charge on any atom is -0.489 e. The van der Waals surface area contributed by atoms with E-state index >= 15 is 0 Å². The Morgan fingerprint density at radius 1 is 1.12 bits per heavy atom. The third-order valence-corrected chi connectivity index (χ3v) is 3.23. The molecule has 1 saturated carbocycles. The number of nitrogens with two attached hydrogens (primary N) is 1. The van der Waals surface area contributed by atoms with Crippen molar-refractivity contribution in [1.82, 2.24) is 0 Å². The van der Waals surface area contributed by atoms with E-state index < -0.39 is 0 Å². The first-order valence-corrected chi connectivity index (χ1v) is 6.41. The van der Waals surface area contributed by atoms with Crippen LogP contribution in [0.4, 0.5) is 5.69 Å². The minimum atomic E-state index is 0.570. The summed E-state index contributed by atoms with van der Waals surface area (Å²) in [5.74, 6) is 1.52. The normalized spacial score (nSPS) is 16.2. The van der Waals surface area contributed by atoms with Crippen molar-refractivity contribution >= 4 is 5.69 Å². The van der Waals surface area contributed by atoms with Crippen LogP contribution in [0.2, 0.25) is 0 Å². The monoisotopic (exact) mass is 235 g/mol. The number of hydrogen-bond acceptors (Lipinski definition) is 3. The van der Waals surface area contributed by atoms with Crippen LogP contribution in [0.15, 0.2) is 24.3 Å². The van der Waals surface area contributed by atoms with Crippen molar-refractivity contribution in [3.8, 4) is 5.75 Å². The zero-order valence-corrected chi connectivity index (χ0v) is 10.2. The average molecular weight is 235 g/mol. The summed E-state index contributed by atoms with van der Waals surface area (Å²) in [6.07, 6.45) is 5.38. The summed E-state index contributed by atoms with van der Waals surface area (Å²) >= 11 is 0. The van der Waals surface area contributed by atoms with E-state index in [1.54, 1.807) is 0 Å². The maximum absolute atomic E-state index is 5.77. The van der Waals surface area contributed by atoms with Crippen LogP contribution in [0.1, 0.15) is 25.7 Å². The van der Waals surface area contributed by atoms with Gasteiger partial charge < -0.3 is 15.2 Å². The first-order valence-electron chi connectivity index (χ1n) is 6.41. The molecule has 0 bridgehead atoms. The van der Waals surface area contributed by atoms with Crippen LogP contribution in [0, 0.1) is 5.92 Å². The van der Waals surface area contributed by atoms with Gasteiger partial charge in [-0.3, -0.25) is 0 Å². The molecule has 1 aromatic rings. The van der Waals surface area contributed by atoms with E-state index in [0.29, 0.717) is 18.9 Å². The lowest BCUT2D eigenvalue weighted by molar-refractivity contribution is 0.0756. The van der Waals surface area contributed by atoms with Crippen molar-refractivity contribution in [2.24, 2.45) is 5.92 Å². The molecule has 0 aliphatic heterocycles. The lowest BCUT2D eigenvalue weighted by Crippen LogP contribution is -2.12. The smallest absolute Gasteiger partial charge is 0.142 e. The number of benzene rings is 1. The molecule has 2 rings (SSSR count). The predicted octanol–water partition coefficient (Wildman–Crippen LogP) is 2.85. The molecule has 3 heteroatoms. The number of nitrogen functional groups attached to an aromatic ring is 1. The van der Waals surface area contributed by atoms with Gasteiger partial charge in [-0.05, 0) is 30.9 Å². The van der Waals surface area contributed by atoms with Gasteiger partial charge in [-0.2, -0.15) is 0 Å². The fourth-order valence-corrected chi connectivity index (χ4v) is 2.25. The predicted molar refractivity (Wildman–Crippen MR) is 69.1 cm³/mol. The van der Waals surface area contributed by atoms with E-state index in [0.717, 1.165) is 18.3 Å². The van der Waals surface area contributed by atoms with Gasteiger partial charge in [-0.1, -0.05) is 25.0 Å². The Kier molecular flexibility index (Phi) is 4.68. The molecule has 0 spiro atoms. The highest BCUT2D eigenvalue weighted by molar-refractivity contribution is 5.51. The molecule has 0 amide bonds. The molecule has 1 aliphatic rings. The summed E-state index contributed by atoms with van der Waals surface area (Å²) in [6, 6.07) is 7.55. The second-order valence-electron chi connectivity index (χ2n) is 4.61. The number of anilines is 1. The Labute approximate surface area is 103 Å². The Morgan fingerprint density at radius 2 is 1.88 bits per heavy atom. The highest BCUT2D eigenvalue weighted by Gasteiger charge is 2.14. The second-order valence-corrected chi connectivity index (χ2v) is 4.61. The van der Waals surface area contributed by atoms with E-state index in [4.69, 9.17) is 15.2 Å². The van der Waals surface area contributed by atoms with Crippen LogP contribution in [0.25, 0.3) is 0 Å². The molecular formula is C14H21NO2. The highest BCUT2D eigenvalue weighted by atomic mass is 16.5. The summed E-state index contributed by atoms with van der Waals surface area (Å²) in [6.45, 7) is 2.10. The van der Waals surface area contributed by atoms with Crippen LogP contribution < -0.4 is 10.5 Å². The maximum atomic E-state index is 5.77. The van der Waals surface area contributed by atoms with E-state index in [9.17, 15) is 0 Å². The molecular weight excluding hydrogens is 214 g/mol. The number of rotatable bonds is 6. The van der Waals surface area contributed by atoms with E-state index in [-0.39, 0.29) is 0 Å². The largest absolute Gasteiger partial charge is 0.489 e. The molecule has 1 aliphatic carbocycles. The number of hydrogen-bond donors (Lipinski definition) is 1.